The van der Waals surface area contributed by atoms with E-state index in [1.165, 1.54) is 0 Å². The van der Waals surface area contributed by atoms with Gasteiger partial charge in [0.05, 0.1) is 18.2 Å². The minimum Gasteiger partial charge on any atom is -0.372 e. The molecule has 1 aliphatic heterocycles. The molecule has 0 radical (unpaired) electrons. The van der Waals surface area contributed by atoms with Crippen molar-refractivity contribution in [2.75, 3.05) is 13.1 Å². The molecule has 0 bridgehead atoms. The van der Waals surface area contributed by atoms with Gasteiger partial charge in [-0.15, -0.1) is 0 Å². The normalized spacial score (nSPS) is 30.1. The minimum atomic E-state index is -2.78. The van der Waals surface area contributed by atoms with E-state index in [1.54, 1.807) is 12.1 Å². The number of rotatable bonds is 2. The van der Waals surface area contributed by atoms with Crippen molar-refractivity contribution in [1.29, 1.82) is 0 Å². The zero-order valence-electron chi connectivity index (χ0n) is 12.2. The van der Waals surface area contributed by atoms with Gasteiger partial charge in [0.25, 0.3) is 5.92 Å². The Bertz CT molecular complexity index is 512. The van der Waals surface area contributed by atoms with Crippen LogP contribution in [0.5, 0.6) is 0 Å². The summed E-state index contributed by atoms with van der Waals surface area (Å²) in [6, 6.07) is 5.32. The van der Waals surface area contributed by atoms with Crippen LogP contribution in [0.15, 0.2) is 18.2 Å². The number of nitrogens with zero attached hydrogens (tertiary/aromatic N) is 1. The maximum absolute atomic E-state index is 13.5. The van der Waals surface area contributed by atoms with Crippen molar-refractivity contribution < 1.29 is 13.5 Å². The molecule has 0 spiro atoms. The first-order chi connectivity index (χ1) is 9.40. The molecule has 3 rings (SSSR count). The SMILES string of the molecule is CCN1CC(C)O[C@@H]2Cc3cc(C(C)(F)F)ccc3[C@@H]21. The van der Waals surface area contributed by atoms with E-state index in [0.717, 1.165) is 37.6 Å². The molecule has 1 saturated heterocycles. The van der Waals surface area contributed by atoms with Crippen molar-refractivity contribution >= 4 is 0 Å². The summed E-state index contributed by atoms with van der Waals surface area (Å²) in [5.41, 5.74) is 2.29. The van der Waals surface area contributed by atoms with Gasteiger partial charge < -0.3 is 4.74 Å². The number of halogens is 2. The van der Waals surface area contributed by atoms with Gasteiger partial charge in [-0.2, -0.15) is 0 Å². The number of alkyl halides is 2. The molecule has 2 nitrogen and oxygen atoms in total. The molecule has 0 amide bonds. The summed E-state index contributed by atoms with van der Waals surface area (Å²) in [7, 11) is 0. The van der Waals surface area contributed by atoms with Gasteiger partial charge in [-0.3, -0.25) is 4.90 Å². The van der Waals surface area contributed by atoms with Crippen LogP contribution in [0.25, 0.3) is 0 Å². The molecule has 1 aliphatic carbocycles. The van der Waals surface area contributed by atoms with Crippen LogP contribution in [-0.2, 0) is 17.1 Å². The summed E-state index contributed by atoms with van der Waals surface area (Å²) >= 11 is 0. The third-order valence-electron chi connectivity index (χ3n) is 4.44. The van der Waals surface area contributed by atoms with Crippen LogP contribution in [-0.4, -0.2) is 30.2 Å². The van der Waals surface area contributed by atoms with E-state index in [4.69, 9.17) is 4.74 Å². The van der Waals surface area contributed by atoms with E-state index < -0.39 is 5.92 Å². The van der Waals surface area contributed by atoms with E-state index in [9.17, 15) is 8.78 Å². The Morgan fingerprint density at radius 1 is 1.40 bits per heavy atom. The molecule has 1 aromatic rings. The summed E-state index contributed by atoms with van der Waals surface area (Å²) in [5.74, 6) is -2.78. The van der Waals surface area contributed by atoms with Crippen molar-refractivity contribution in [3.8, 4) is 0 Å². The van der Waals surface area contributed by atoms with Gasteiger partial charge >= 0.3 is 0 Å². The molecule has 20 heavy (non-hydrogen) atoms. The predicted molar refractivity (Wildman–Crippen MR) is 74.0 cm³/mol. The van der Waals surface area contributed by atoms with Gasteiger partial charge in [-0.1, -0.05) is 19.1 Å². The van der Waals surface area contributed by atoms with Gasteiger partial charge in [0.2, 0.25) is 0 Å². The first-order valence-electron chi connectivity index (χ1n) is 7.30. The minimum absolute atomic E-state index is 0.103. The zero-order valence-corrected chi connectivity index (χ0v) is 12.2. The van der Waals surface area contributed by atoms with Gasteiger partial charge in [-0.25, -0.2) is 8.78 Å². The van der Waals surface area contributed by atoms with Crippen molar-refractivity contribution in [1.82, 2.24) is 4.90 Å². The van der Waals surface area contributed by atoms with Crippen LogP contribution in [0.3, 0.4) is 0 Å². The second-order valence-electron chi connectivity index (χ2n) is 6.02. The van der Waals surface area contributed by atoms with E-state index >= 15 is 0 Å². The molecule has 110 valence electrons. The van der Waals surface area contributed by atoms with Crippen LogP contribution in [0.4, 0.5) is 8.78 Å². The smallest absolute Gasteiger partial charge is 0.270 e. The van der Waals surface area contributed by atoms with Crippen molar-refractivity contribution in [3.05, 3.63) is 34.9 Å². The number of morpholine rings is 1. The molecular formula is C16H21F2NO. The standard InChI is InChI=1S/C16H21F2NO/c1-4-19-9-10(2)20-14-8-11-7-12(16(3,17)18)5-6-13(11)15(14)19/h5-7,10,14-15H,4,8-9H2,1-3H3/t10?,14-,15+/m1/s1. The molecule has 1 aromatic carbocycles. The molecule has 0 N–H and O–H groups in total. The Hall–Kier alpha value is -1.00. The van der Waals surface area contributed by atoms with Crippen LogP contribution in [0, 0.1) is 0 Å². The van der Waals surface area contributed by atoms with E-state index in [2.05, 4.69) is 18.7 Å². The maximum Gasteiger partial charge on any atom is 0.270 e. The van der Waals surface area contributed by atoms with Gasteiger partial charge in [0, 0.05) is 25.5 Å². The van der Waals surface area contributed by atoms with Crippen LogP contribution in [0.2, 0.25) is 0 Å². The van der Waals surface area contributed by atoms with Crippen molar-refractivity contribution in [2.45, 2.75) is 51.4 Å². The highest BCUT2D eigenvalue weighted by atomic mass is 19.3. The topological polar surface area (TPSA) is 12.5 Å². The highest BCUT2D eigenvalue weighted by Crippen LogP contribution is 2.42. The van der Waals surface area contributed by atoms with Crippen LogP contribution < -0.4 is 0 Å². The maximum atomic E-state index is 13.5. The Kier molecular flexibility index (Phi) is 3.33. The number of hydrogen-bond donors (Lipinski definition) is 0. The average molecular weight is 281 g/mol. The summed E-state index contributed by atoms with van der Waals surface area (Å²) in [6.07, 6.45) is 1.05. The fourth-order valence-corrected chi connectivity index (χ4v) is 3.54. The molecule has 2 aliphatic rings. The lowest BCUT2D eigenvalue weighted by atomic mass is 10.0. The second-order valence-corrected chi connectivity index (χ2v) is 6.02. The summed E-state index contributed by atoms with van der Waals surface area (Å²) in [5, 5.41) is 0. The van der Waals surface area contributed by atoms with Crippen LogP contribution >= 0.6 is 0 Å². The lowest BCUT2D eigenvalue weighted by Crippen LogP contribution is -2.47. The highest BCUT2D eigenvalue weighted by Gasteiger charge is 2.42. The summed E-state index contributed by atoms with van der Waals surface area (Å²) in [4.78, 5) is 2.40. The predicted octanol–water partition coefficient (Wildman–Crippen LogP) is 3.50. The van der Waals surface area contributed by atoms with Crippen molar-refractivity contribution in [2.24, 2.45) is 0 Å². The van der Waals surface area contributed by atoms with E-state index in [-0.39, 0.29) is 23.8 Å². The fraction of sp³-hybridized carbons (Fsp3) is 0.625. The van der Waals surface area contributed by atoms with Crippen molar-refractivity contribution in [3.63, 3.8) is 0 Å². The highest BCUT2D eigenvalue weighted by molar-refractivity contribution is 5.41. The third-order valence-corrected chi connectivity index (χ3v) is 4.44. The molecule has 1 unspecified atom stereocenters. The number of benzene rings is 1. The molecule has 1 heterocycles. The Morgan fingerprint density at radius 3 is 2.80 bits per heavy atom. The number of fused-ring (bicyclic) bond motifs is 3. The molecule has 3 atom stereocenters. The zero-order chi connectivity index (χ0) is 14.5. The molecule has 0 saturated carbocycles. The van der Waals surface area contributed by atoms with E-state index in [0.29, 0.717) is 0 Å². The fourth-order valence-electron chi connectivity index (χ4n) is 3.54. The number of ether oxygens (including phenoxy) is 1. The lowest BCUT2D eigenvalue weighted by Gasteiger charge is -2.40. The monoisotopic (exact) mass is 281 g/mol. The Balaban J connectivity index is 1.97. The second kappa shape index (κ2) is 4.78. The Labute approximate surface area is 118 Å². The molecule has 1 fully saturated rings. The largest absolute Gasteiger partial charge is 0.372 e. The van der Waals surface area contributed by atoms with E-state index in [1.807, 2.05) is 6.07 Å². The van der Waals surface area contributed by atoms with Crippen LogP contribution in [0.1, 0.15) is 43.5 Å². The summed E-state index contributed by atoms with van der Waals surface area (Å²) < 4.78 is 32.9. The van der Waals surface area contributed by atoms with Gasteiger partial charge in [-0.05, 0) is 30.7 Å². The first kappa shape index (κ1) is 14.0. The third kappa shape index (κ3) is 2.25. The number of hydrogen-bond acceptors (Lipinski definition) is 2. The van der Waals surface area contributed by atoms with Gasteiger partial charge in [0.1, 0.15) is 0 Å². The van der Waals surface area contributed by atoms with Gasteiger partial charge in [0.15, 0.2) is 0 Å². The summed E-state index contributed by atoms with van der Waals surface area (Å²) in [6.45, 7) is 7.03. The number of likely N-dealkylation sites (N-methyl/N-ethyl adjacent to an activating group) is 1. The molecule has 0 aromatic heterocycles. The Morgan fingerprint density at radius 2 is 2.15 bits per heavy atom. The lowest BCUT2D eigenvalue weighted by molar-refractivity contribution is -0.105. The average Bonchev–Trinajstić information content (AvgIpc) is 2.73. The quantitative estimate of drug-likeness (QED) is 0.822. The molecule has 4 heteroatoms. The molecular weight excluding hydrogens is 260 g/mol. The first-order valence-corrected chi connectivity index (χ1v) is 7.30.